The van der Waals surface area contributed by atoms with Gasteiger partial charge in [-0.3, -0.25) is 0 Å². The lowest BCUT2D eigenvalue weighted by atomic mass is 9.64. The topological polar surface area (TPSA) is 20.2 Å². The molecule has 0 spiro atoms. The van der Waals surface area contributed by atoms with Gasteiger partial charge in [-0.2, -0.15) is 0 Å². The number of fused-ring (bicyclic) bond motifs is 1. The predicted molar refractivity (Wildman–Crippen MR) is 63.6 cm³/mol. The van der Waals surface area contributed by atoms with E-state index in [2.05, 4.69) is 19.9 Å². The molecule has 0 bridgehead atoms. The minimum Gasteiger partial charge on any atom is -0.396 e. The van der Waals surface area contributed by atoms with Gasteiger partial charge in [-0.25, -0.2) is 0 Å². The monoisotopic (exact) mass is 208 g/mol. The Balaban J connectivity index is 2.12. The van der Waals surface area contributed by atoms with Gasteiger partial charge in [-0.1, -0.05) is 38.3 Å². The van der Waals surface area contributed by atoms with Crippen LogP contribution in [0.5, 0.6) is 0 Å². The van der Waals surface area contributed by atoms with Gasteiger partial charge in [0.2, 0.25) is 0 Å². The lowest BCUT2D eigenvalue weighted by Gasteiger charge is -2.41. The van der Waals surface area contributed by atoms with Gasteiger partial charge in [0, 0.05) is 6.61 Å². The van der Waals surface area contributed by atoms with Crippen LogP contribution in [-0.4, -0.2) is 11.7 Å². The number of allylic oxidation sites excluding steroid dienone is 2. The van der Waals surface area contributed by atoms with Crippen LogP contribution in [0.15, 0.2) is 11.6 Å². The van der Waals surface area contributed by atoms with Gasteiger partial charge in [-0.05, 0) is 42.9 Å². The SMILES string of the molecule is C[C@@H](CCO)C1=CCC2CCCCC12C. The third-order valence-corrected chi connectivity index (χ3v) is 4.77. The van der Waals surface area contributed by atoms with Crippen molar-refractivity contribution in [2.75, 3.05) is 6.61 Å². The van der Waals surface area contributed by atoms with Crippen LogP contribution in [0, 0.1) is 17.3 Å². The van der Waals surface area contributed by atoms with Crippen molar-refractivity contribution in [3.8, 4) is 0 Å². The fraction of sp³-hybridized carbons (Fsp3) is 0.857. The van der Waals surface area contributed by atoms with Crippen molar-refractivity contribution in [1.29, 1.82) is 0 Å². The largest absolute Gasteiger partial charge is 0.396 e. The van der Waals surface area contributed by atoms with Crippen LogP contribution in [0.4, 0.5) is 0 Å². The fourth-order valence-electron chi connectivity index (χ4n) is 3.78. The van der Waals surface area contributed by atoms with Crippen molar-refractivity contribution in [2.24, 2.45) is 17.3 Å². The van der Waals surface area contributed by atoms with E-state index in [4.69, 9.17) is 5.11 Å². The highest BCUT2D eigenvalue weighted by Crippen LogP contribution is 2.54. The third-order valence-electron chi connectivity index (χ3n) is 4.77. The number of hydrogen-bond donors (Lipinski definition) is 1. The summed E-state index contributed by atoms with van der Waals surface area (Å²) >= 11 is 0. The van der Waals surface area contributed by atoms with Gasteiger partial charge in [0.05, 0.1) is 0 Å². The molecule has 0 radical (unpaired) electrons. The standard InChI is InChI=1S/C14H24O/c1-11(8-10-15)13-7-6-12-5-3-4-9-14(12,13)2/h7,11-12,15H,3-6,8-10H2,1-2H3/t11-,12?,14?/m0/s1. The maximum atomic E-state index is 9.05. The molecule has 86 valence electrons. The molecule has 1 fully saturated rings. The van der Waals surface area contributed by atoms with Crippen molar-refractivity contribution in [2.45, 2.75) is 52.4 Å². The Kier molecular flexibility index (Phi) is 3.20. The van der Waals surface area contributed by atoms with Gasteiger partial charge in [-0.15, -0.1) is 0 Å². The Morgan fingerprint density at radius 1 is 1.53 bits per heavy atom. The zero-order valence-electron chi connectivity index (χ0n) is 10.1. The van der Waals surface area contributed by atoms with Crippen LogP contribution in [0.2, 0.25) is 0 Å². The highest BCUT2D eigenvalue weighted by molar-refractivity contribution is 5.24. The number of aliphatic hydroxyl groups is 1. The van der Waals surface area contributed by atoms with Gasteiger partial charge < -0.3 is 5.11 Å². The molecule has 0 heterocycles. The van der Waals surface area contributed by atoms with Crippen LogP contribution in [-0.2, 0) is 0 Å². The molecule has 15 heavy (non-hydrogen) atoms. The molecule has 0 amide bonds. The molecule has 0 aromatic heterocycles. The summed E-state index contributed by atoms with van der Waals surface area (Å²) in [7, 11) is 0. The van der Waals surface area contributed by atoms with E-state index >= 15 is 0 Å². The second-order valence-corrected chi connectivity index (χ2v) is 5.67. The van der Waals surface area contributed by atoms with Crippen LogP contribution in [0.1, 0.15) is 52.4 Å². The van der Waals surface area contributed by atoms with E-state index in [-0.39, 0.29) is 0 Å². The summed E-state index contributed by atoms with van der Waals surface area (Å²) in [6.45, 7) is 5.08. The van der Waals surface area contributed by atoms with Crippen molar-refractivity contribution >= 4 is 0 Å². The molecular weight excluding hydrogens is 184 g/mol. The number of rotatable bonds is 3. The summed E-state index contributed by atoms with van der Waals surface area (Å²) in [6.07, 6.45) is 10.3. The van der Waals surface area contributed by atoms with Crippen molar-refractivity contribution in [1.82, 2.24) is 0 Å². The van der Waals surface area contributed by atoms with Crippen LogP contribution in [0.25, 0.3) is 0 Å². The summed E-state index contributed by atoms with van der Waals surface area (Å²) in [4.78, 5) is 0. The maximum Gasteiger partial charge on any atom is 0.0436 e. The third kappa shape index (κ3) is 1.87. The van der Waals surface area contributed by atoms with Gasteiger partial charge >= 0.3 is 0 Å². The van der Waals surface area contributed by atoms with Crippen molar-refractivity contribution in [3.05, 3.63) is 11.6 Å². The molecule has 2 rings (SSSR count). The van der Waals surface area contributed by atoms with Crippen LogP contribution < -0.4 is 0 Å². The average molecular weight is 208 g/mol. The molecule has 2 aliphatic carbocycles. The Morgan fingerprint density at radius 2 is 2.33 bits per heavy atom. The first-order valence-corrected chi connectivity index (χ1v) is 6.50. The highest BCUT2D eigenvalue weighted by Gasteiger charge is 2.43. The molecule has 2 aliphatic rings. The zero-order chi connectivity index (χ0) is 10.9. The molecule has 0 aliphatic heterocycles. The molecule has 1 heteroatoms. The molecule has 1 N–H and O–H groups in total. The first-order valence-electron chi connectivity index (χ1n) is 6.50. The first kappa shape index (κ1) is 11.2. The molecule has 1 nitrogen and oxygen atoms in total. The van der Waals surface area contributed by atoms with E-state index < -0.39 is 0 Å². The Bertz CT molecular complexity index is 256. The smallest absolute Gasteiger partial charge is 0.0436 e. The molecule has 0 saturated heterocycles. The normalized spacial score (nSPS) is 37.3. The van der Waals surface area contributed by atoms with Crippen molar-refractivity contribution < 1.29 is 5.11 Å². The van der Waals surface area contributed by atoms with Gasteiger partial charge in [0.15, 0.2) is 0 Å². The summed E-state index contributed by atoms with van der Waals surface area (Å²) in [5.41, 5.74) is 2.13. The molecule has 3 atom stereocenters. The summed E-state index contributed by atoms with van der Waals surface area (Å²) in [5.74, 6) is 1.49. The van der Waals surface area contributed by atoms with Gasteiger partial charge in [0.1, 0.15) is 0 Å². The lowest BCUT2D eigenvalue weighted by Crippen LogP contribution is -2.31. The summed E-state index contributed by atoms with van der Waals surface area (Å²) in [6, 6.07) is 0. The molecular formula is C14H24O. The van der Waals surface area contributed by atoms with Crippen LogP contribution >= 0.6 is 0 Å². The van der Waals surface area contributed by atoms with E-state index in [1.165, 1.54) is 32.1 Å². The minimum absolute atomic E-state index is 0.333. The summed E-state index contributed by atoms with van der Waals surface area (Å²) in [5, 5.41) is 9.05. The van der Waals surface area contributed by atoms with E-state index in [1.54, 1.807) is 5.57 Å². The second-order valence-electron chi connectivity index (χ2n) is 5.67. The minimum atomic E-state index is 0.333. The predicted octanol–water partition coefficient (Wildman–Crippen LogP) is 3.53. The molecule has 1 saturated carbocycles. The molecule has 0 aromatic rings. The second kappa shape index (κ2) is 4.29. The molecule has 2 unspecified atom stereocenters. The Morgan fingerprint density at radius 3 is 3.07 bits per heavy atom. The van der Waals surface area contributed by atoms with E-state index in [9.17, 15) is 0 Å². The van der Waals surface area contributed by atoms with E-state index in [1.807, 2.05) is 0 Å². The van der Waals surface area contributed by atoms with E-state index in [0.717, 1.165) is 12.3 Å². The maximum absolute atomic E-state index is 9.05. The Labute approximate surface area is 93.6 Å². The number of aliphatic hydroxyl groups excluding tert-OH is 1. The Hall–Kier alpha value is -0.300. The zero-order valence-corrected chi connectivity index (χ0v) is 10.1. The van der Waals surface area contributed by atoms with Gasteiger partial charge in [0.25, 0.3) is 0 Å². The first-order chi connectivity index (χ1) is 7.18. The lowest BCUT2D eigenvalue weighted by molar-refractivity contribution is 0.161. The quantitative estimate of drug-likeness (QED) is 0.703. The average Bonchev–Trinajstić information content (AvgIpc) is 2.55. The highest BCUT2D eigenvalue weighted by atomic mass is 16.3. The fourth-order valence-corrected chi connectivity index (χ4v) is 3.78. The van der Waals surface area contributed by atoms with Crippen molar-refractivity contribution in [3.63, 3.8) is 0 Å². The molecule has 0 aromatic carbocycles. The summed E-state index contributed by atoms with van der Waals surface area (Å²) < 4.78 is 0. The van der Waals surface area contributed by atoms with E-state index in [0.29, 0.717) is 17.9 Å². The number of hydrogen-bond acceptors (Lipinski definition) is 1. The van der Waals surface area contributed by atoms with Crippen LogP contribution in [0.3, 0.4) is 0 Å².